The number of methoxy groups -OCH3 is 1. The molecule has 138 valence electrons. The molecule has 0 spiro atoms. The third-order valence-corrected chi connectivity index (χ3v) is 3.77. The van der Waals surface area contributed by atoms with Crippen LogP contribution >= 0.6 is 0 Å². The van der Waals surface area contributed by atoms with Gasteiger partial charge in [0.1, 0.15) is 0 Å². The van der Waals surface area contributed by atoms with Gasteiger partial charge in [-0.15, -0.1) is 0 Å². The highest BCUT2D eigenvalue weighted by Gasteiger charge is 2.22. The Bertz CT molecular complexity index is 455. The molecule has 0 aromatic rings. The molecule has 0 aromatic heterocycles. The monoisotopic (exact) mass is 339 g/mol. The molecular formula is C18H33N3O3. The van der Waals surface area contributed by atoms with Crippen LogP contribution in [-0.2, 0) is 14.3 Å². The Hall–Kier alpha value is -1.40. The summed E-state index contributed by atoms with van der Waals surface area (Å²) < 4.78 is 5.14. The first-order chi connectivity index (χ1) is 11.2. The molecule has 1 aliphatic rings. The minimum absolute atomic E-state index is 0.0197. The Labute approximate surface area is 146 Å². The molecule has 0 fully saturated rings. The molecule has 2 amide bonds. The van der Waals surface area contributed by atoms with E-state index < -0.39 is 0 Å². The molecule has 1 N–H and O–H groups in total. The molecule has 0 bridgehead atoms. The molecule has 0 atom stereocenters. The standard InChI is InChI=1S/C18H33N3O3/c1-18(2,3)19-16(22)13-20(4)14-17(23)21(11-12-24-5)15-9-7-6-8-10-15/h9H,6-8,10-14H2,1-5H3,(H,19,22). The highest BCUT2D eigenvalue weighted by molar-refractivity contribution is 5.82. The average molecular weight is 339 g/mol. The Morgan fingerprint density at radius 3 is 2.50 bits per heavy atom. The van der Waals surface area contributed by atoms with Crippen LogP contribution in [0, 0.1) is 0 Å². The largest absolute Gasteiger partial charge is 0.383 e. The van der Waals surface area contributed by atoms with Gasteiger partial charge in [0.05, 0.1) is 19.7 Å². The number of carbonyl (C=O) groups is 2. The van der Waals surface area contributed by atoms with Crippen molar-refractivity contribution in [3.8, 4) is 0 Å². The molecular weight excluding hydrogens is 306 g/mol. The molecule has 0 radical (unpaired) electrons. The Morgan fingerprint density at radius 2 is 1.96 bits per heavy atom. The average Bonchev–Trinajstić information content (AvgIpc) is 2.46. The summed E-state index contributed by atoms with van der Waals surface area (Å²) in [7, 11) is 3.44. The van der Waals surface area contributed by atoms with Crippen molar-refractivity contribution in [2.45, 2.75) is 52.0 Å². The number of hydrogen-bond donors (Lipinski definition) is 1. The molecule has 1 rings (SSSR count). The first-order valence-electron chi connectivity index (χ1n) is 8.71. The first-order valence-corrected chi connectivity index (χ1v) is 8.71. The zero-order valence-electron chi connectivity index (χ0n) is 15.9. The normalized spacial score (nSPS) is 15.2. The summed E-state index contributed by atoms with van der Waals surface area (Å²) in [5.74, 6) is -0.0515. The summed E-state index contributed by atoms with van der Waals surface area (Å²) in [6, 6.07) is 0. The molecule has 0 aliphatic heterocycles. The van der Waals surface area contributed by atoms with Crippen LogP contribution in [0.2, 0.25) is 0 Å². The SMILES string of the molecule is COCCN(C(=O)CN(C)CC(=O)NC(C)(C)C)C1=CCCCC1. The Morgan fingerprint density at radius 1 is 1.25 bits per heavy atom. The van der Waals surface area contributed by atoms with Crippen molar-refractivity contribution in [3.63, 3.8) is 0 Å². The van der Waals surface area contributed by atoms with E-state index in [0.717, 1.165) is 25.0 Å². The Kier molecular flexibility index (Phi) is 8.42. The van der Waals surface area contributed by atoms with Gasteiger partial charge in [0.25, 0.3) is 0 Å². The lowest BCUT2D eigenvalue weighted by molar-refractivity contribution is -0.131. The Balaban J connectivity index is 2.59. The molecule has 0 aromatic carbocycles. The highest BCUT2D eigenvalue weighted by atomic mass is 16.5. The molecule has 0 heterocycles. The fourth-order valence-corrected chi connectivity index (χ4v) is 2.75. The van der Waals surface area contributed by atoms with Gasteiger partial charge >= 0.3 is 0 Å². The maximum atomic E-state index is 12.7. The van der Waals surface area contributed by atoms with Gasteiger partial charge in [0.2, 0.25) is 11.8 Å². The predicted molar refractivity (Wildman–Crippen MR) is 95.5 cm³/mol. The summed E-state index contributed by atoms with van der Waals surface area (Å²) in [5.41, 5.74) is 0.829. The zero-order valence-corrected chi connectivity index (χ0v) is 15.9. The number of nitrogens with one attached hydrogen (secondary N) is 1. The van der Waals surface area contributed by atoms with Crippen LogP contribution in [0.5, 0.6) is 0 Å². The fourth-order valence-electron chi connectivity index (χ4n) is 2.75. The number of allylic oxidation sites excluding steroid dienone is 2. The topological polar surface area (TPSA) is 61.9 Å². The maximum absolute atomic E-state index is 12.7. The molecule has 6 nitrogen and oxygen atoms in total. The molecule has 0 saturated heterocycles. The number of nitrogens with zero attached hydrogens (tertiary/aromatic N) is 2. The molecule has 24 heavy (non-hydrogen) atoms. The van der Waals surface area contributed by atoms with E-state index in [2.05, 4.69) is 11.4 Å². The summed E-state index contributed by atoms with van der Waals surface area (Å²) in [6.07, 6.45) is 6.41. The van der Waals surface area contributed by atoms with Crippen molar-refractivity contribution in [1.29, 1.82) is 0 Å². The van der Waals surface area contributed by atoms with Crippen LogP contribution in [0.1, 0.15) is 46.5 Å². The summed E-state index contributed by atoms with van der Waals surface area (Å²) in [6.45, 7) is 7.33. The third kappa shape index (κ3) is 7.93. The lowest BCUT2D eigenvalue weighted by atomic mass is 10.0. The number of carbonyl (C=O) groups excluding carboxylic acids is 2. The van der Waals surface area contributed by atoms with Crippen LogP contribution in [0.4, 0.5) is 0 Å². The van der Waals surface area contributed by atoms with E-state index in [1.165, 1.54) is 6.42 Å². The zero-order chi connectivity index (χ0) is 18.2. The first kappa shape index (κ1) is 20.6. The minimum Gasteiger partial charge on any atom is -0.383 e. The second-order valence-electron chi connectivity index (χ2n) is 7.45. The second kappa shape index (κ2) is 9.79. The number of rotatable bonds is 8. The lowest BCUT2D eigenvalue weighted by Gasteiger charge is -2.29. The van der Waals surface area contributed by atoms with Crippen LogP contribution < -0.4 is 5.32 Å². The van der Waals surface area contributed by atoms with Crippen LogP contribution in [-0.4, -0.2) is 67.6 Å². The van der Waals surface area contributed by atoms with Crippen LogP contribution in [0.25, 0.3) is 0 Å². The number of likely N-dealkylation sites (N-methyl/N-ethyl adjacent to an activating group) is 1. The van der Waals surface area contributed by atoms with Gasteiger partial charge in [0.15, 0.2) is 0 Å². The number of amides is 2. The van der Waals surface area contributed by atoms with Gasteiger partial charge in [-0.3, -0.25) is 14.5 Å². The van der Waals surface area contributed by atoms with Crippen molar-refractivity contribution in [3.05, 3.63) is 11.8 Å². The van der Waals surface area contributed by atoms with E-state index in [1.54, 1.807) is 19.1 Å². The van der Waals surface area contributed by atoms with Gasteiger partial charge in [0, 0.05) is 24.9 Å². The van der Waals surface area contributed by atoms with Gasteiger partial charge in [-0.05, 0) is 53.5 Å². The summed E-state index contributed by atoms with van der Waals surface area (Å²) in [5, 5.41) is 2.91. The van der Waals surface area contributed by atoms with E-state index in [9.17, 15) is 9.59 Å². The van der Waals surface area contributed by atoms with E-state index in [1.807, 2.05) is 25.7 Å². The molecule has 0 unspecified atom stereocenters. The lowest BCUT2D eigenvalue weighted by Crippen LogP contribution is -2.47. The van der Waals surface area contributed by atoms with E-state index >= 15 is 0 Å². The second-order valence-corrected chi connectivity index (χ2v) is 7.45. The van der Waals surface area contributed by atoms with Gasteiger partial charge in [-0.1, -0.05) is 6.08 Å². The smallest absolute Gasteiger partial charge is 0.240 e. The van der Waals surface area contributed by atoms with Crippen molar-refractivity contribution in [2.24, 2.45) is 0 Å². The minimum atomic E-state index is -0.265. The maximum Gasteiger partial charge on any atom is 0.240 e. The van der Waals surface area contributed by atoms with Gasteiger partial charge < -0.3 is 15.0 Å². The van der Waals surface area contributed by atoms with Crippen LogP contribution in [0.3, 0.4) is 0 Å². The van der Waals surface area contributed by atoms with Crippen molar-refractivity contribution >= 4 is 11.8 Å². The van der Waals surface area contributed by atoms with Gasteiger partial charge in [-0.25, -0.2) is 0 Å². The fraction of sp³-hybridized carbons (Fsp3) is 0.778. The van der Waals surface area contributed by atoms with Crippen molar-refractivity contribution < 1.29 is 14.3 Å². The van der Waals surface area contributed by atoms with Crippen molar-refractivity contribution in [1.82, 2.24) is 15.1 Å². The number of hydrogen-bond acceptors (Lipinski definition) is 4. The predicted octanol–water partition coefficient (Wildman–Crippen LogP) is 1.77. The molecule has 1 aliphatic carbocycles. The van der Waals surface area contributed by atoms with E-state index in [4.69, 9.17) is 4.74 Å². The third-order valence-electron chi connectivity index (χ3n) is 3.77. The van der Waals surface area contributed by atoms with E-state index in [-0.39, 0.29) is 30.4 Å². The van der Waals surface area contributed by atoms with Crippen molar-refractivity contribution in [2.75, 3.05) is 40.4 Å². The number of ether oxygens (including phenoxy) is 1. The van der Waals surface area contributed by atoms with E-state index in [0.29, 0.717) is 13.2 Å². The van der Waals surface area contributed by atoms with Crippen LogP contribution in [0.15, 0.2) is 11.8 Å². The quantitative estimate of drug-likeness (QED) is 0.732. The summed E-state index contributed by atoms with van der Waals surface area (Å²) >= 11 is 0. The molecule has 0 saturated carbocycles. The highest BCUT2D eigenvalue weighted by Crippen LogP contribution is 2.21. The van der Waals surface area contributed by atoms with Gasteiger partial charge in [-0.2, -0.15) is 0 Å². The summed E-state index contributed by atoms with van der Waals surface area (Å²) in [4.78, 5) is 28.2. The molecule has 6 heteroatoms.